The predicted octanol–water partition coefficient (Wildman–Crippen LogP) is 4.87. The summed E-state index contributed by atoms with van der Waals surface area (Å²) in [6.45, 7) is 8.01. The number of carbonyl (C=O) groups is 1. The Hall–Kier alpha value is -1.17. The zero-order valence-electron chi connectivity index (χ0n) is 18.7. The molecule has 0 aliphatic heterocycles. The number of aliphatic carboxylic acids is 1. The van der Waals surface area contributed by atoms with Crippen molar-refractivity contribution in [1.29, 1.82) is 0 Å². The van der Waals surface area contributed by atoms with Crippen LogP contribution in [0.15, 0.2) is 24.3 Å². The van der Waals surface area contributed by atoms with Gasteiger partial charge < -0.3 is 20.1 Å². The van der Waals surface area contributed by atoms with Gasteiger partial charge in [0.2, 0.25) is 0 Å². The molecular formula is C24H42O5. The first-order chi connectivity index (χ1) is 13.7. The SMILES string of the molecule is CCCCC[C@](C)(O)/C=C/[C@H]1[C@H](OC(C)C)CC(O)[C@@H]1C/C=C\CCCC(=O)O. The van der Waals surface area contributed by atoms with Crippen LogP contribution in [-0.2, 0) is 9.53 Å². The molecule has 1 rings (SSSR count). The van der Waals surface area contributed by atoms with Gasteiger partial charge in [0, 0.05) is 18.8 Å². The van der Waals surface area contributed by atoms with Crippen LogP contribution in [0.25, 0.3) is 0 Å². The fourth-order valence-corrected chi connectivity index (χ4v) is 4.06. The van der Waals surface area contributed by atoms with E-state index < -0.39 is 17.7 Å². The Morgan fingerprint density at radius 3 is 2.59 bits per heavy atom. The molecule has 5 nitrogen and oxygen atoms in total. The Labute approximate surface area is 176 Å². The van der Waals surface area contributed by atoms with E-state index in [4.69, 9.17) is 9.84 Å². The van der Waals surface area contributed by atoms with Gasteiger partial charge in [-0.25, -0.2) is 0 Å². The summed E-state index contributed by atoms with van der Waals surface area (Å²) in [6.07, 6.45) is 14.4. The molecule has 0 saturated heterocycles. The van der Waals surface area contributed by atoms with E-state index in [2.05, 4.69) is 13.0 Å². The van der Waals surface area contributed by atoms with Crippen LogP contribution in [0.4, 0.5) is 0 Å². The summed E-state index contributed by atoms with van der Waals surface area (Å²) < 4.78 is 6.08. The number of ether oxygens (including phenoxy) is 1. The highest BCUT2D eigenvalue weighted by molar-refractivity contribution is 5.66. The van der Waals surface area contributed by atoms with Crippen molar-refractivity contribution in [3.63, 3.8) is 0 Å². The second-order valence-electron chi connectivity index (χ2n) is 8.93. The minimum absolute atomic E-state index is 0.0390. The molecule has 5 heteroatoms. The number of carboxylic acid groups (broad SMARTS) is 1. The normalized spacial score (nSPS) is 27.3. The molecule has 0 bridgehead atoms. The highest BCUT2D eigenvalue weighted by atomic mass is 16.5. The van der Waals surface area contributed by atoms with E-state index in [1.54, 1.807) is 0 Å². The monoisotopic (exact) mass is 410 g/mol. The number of allylic oxidation sites excluding steroid dienone is 2. The topological polar surface area (TPSA) is 87.0 Å². The van der Waals surface area contributed by atoms with Crippen molar-refractivity contribution >= 4 is 5.97 Å². The summed E-state index contributed by atoms with van der Waals surface area (Å²) in [7, 11) is 0. The van der Waals surface area contributed by atoms with Crippen LogP contribution >= 0.6 is 0 Å². The summed E-state index contributed by atoms with van der Waals surface area (Å²) >= 11 is 0. The van der Waals surface area contributed by atoms with E-state index >= 15 is 0 Å². The lowest BCUT2D eigenvalue weighted by Gasteiger charge is -2.26. The maximum Gasteiger partial charge on any atom is 0.303 e. The number of hydrogen-bond acceptors (Lipinski definition) is 4. The number of aliphatic hydroxyl groups is 2. The fourth-order valence-electron chi connectivity index (χ4n) is 4.06. The van der Waals surface area contributed by atoms with Crippen molar-refractivity contribution in [2.45, 2.75) is 109 Å². The van der Waals surface area contributed by atoms with Gasteiger partial charge in [0.1, 0.15) is 0 Å². The van der Waals surface area contributed by atoms with Gasteiger partial charge in [0.25, 0.3) is 0 Å². The van der Waals surface area contributed by atoms with Gasteiger partial charge in [0.05, 0.1) is 23.9 Å². The average molecular weight is 411 g/mol. The van der Waals surface area contributed by atoms with Gasteiger partial charge in [-0.3, -0.25) is 4.79 Å². The van der Waals surface area contributed by atoms with Crippen molar-refractivity contribution in [2.24, 2.45) is 11.8 Å². The molecule has 5 atom stereocenters. The van der Waals surface area contributed by atoms with Gasteiger partial charge in [-0.05, 0) is 52.4 Å². The molecule has 0 spiro atoms. The summed E-state index contributed by atoms with van der Waals surface area (Å²) in [5, 5.41) is 30.0. The number of aliphatic hydroxyl groups excluding tert-OH is 1. The second kappa shape index (κ2) is 13.2. The highest BCUT2D eigenvalue weighted by Crippen LogP contribution is 2.39. The minimum atomic E-state index is -0.845. The van der Waals surface area contributed by atoms with Crippen molar-refractivity contribution in [2.75, 3.05) is 0 Å². The zero-order valence-corrected chi connectivity index (χ0v) is 18.7. The first-order valence-electron chi connectivity index (χ1n) is 11.3. The summed E-state index contributed by atoms with van der Waals surface area (Å²) in [5.41, 5.74) is -0.845. The van der Waals surface area contributed by atoms with Crippen LogP contribution in [0.5, 0.6) is 0 Å². The Balaban J connectivity index is 2.76. The second-order valence-corrected chi connectivity index (χ2v) is 8.93. The Morgan fingerprint density at radius 2 is 1.97 bits per heavy atom. The van der Waals surface area contributed by atoms with Crippen LogP contribution in [0.3, 0.4) is 0 Å². The Kier molecular flexibility index (Phi) is 11.8. The van der Waals surface area contributed by atoms with Crippen LogP contribution < -0.4 is 0 Å². The van der Waals surface area contributed by atoms with Gasteiger partial charge in [0.15, 0.2) is 0 Å². The van der Waals surface area contributed by atoms with Crippen LogP contribution in [0.2, 0.25) is 0 Å². The van der Waals surface area contributed by atoms with Crippen LogP contribution in [0, 0.1) is 11.8 Å². The van der Waals surface area contributed by atoms with Crippen molar-refractivity contribution in [3.05, 3.63) is 24.3 Å². The molecular weight excluding hydrogens is 368 g/mol. The zero-order chi connectivity index (χ0) is 21.9. The maximum absolute atomic E-state index is 10.7. The smallest absolute Gasteiger partial charge is 0.303 e. The third kappa shape index (κ3) is 10.4. The Bertz CT molecular complexity index is 523. The molecule has 0 aromatic heterocycles. The van der Waals surface area contributed by atoms with E-state index in [1.165, 1.54) is 0 Å². The molecule has 1 aliphatic carbocycles. The third-order valence-corrected chi connectivity index (χ3v) is 5.64. The summed E-state index contributed by atoms with van der Waals surface area (Å²) in [5.74, 6) is -0.680. The molecule has 29 heavy (non-hydrogen) atoms. The van der Waals surface area contributed by atoms with Gasteiger partial charge in [-0.2, -0.15) is 0 Å². The molecule has 168 valence electrons. The van der Waals surface area contributed by atoms with Crippen LogP contribution in [-0.4, -0.2) is 45.2 Å². The fraction of sp³-hybridized carbons (Fsp3) is 0.792. The van der Waals surface area contributed by atoms with E-state index in [1.807, 2.05) is 39.0 Å². The van der Waals surface area contributed by atoms with Gasteiger partial charge >= 0.3 is 5.97 Å². The lowest BCUT2D eigenvalue weighted by atomic mass is 9.87. The predicted molar refractivity (Wildman–Crippen MR) is 117 cm³/mol. The molecule has 1 aliphatic rings. The number of unbranched alkanes of at least 4 members (excludes halogenated alkanes) is 3. The van der Waals surface area contributed by atoms with E-state index in [-0.39, 0.29) is 30.5 Å². The molecule has 3 N–H and O–H groups in total. The molecule has 1 fully saturated rings. The standard InChI is InChI=1S/C24H42O5/c1-5-6-11-15-24(4,28)16-14-20-19(12-9-7-8-10-13-23(26)27)21(25)17-22(20)29-18(2)3/h7,9,14,16,18-22,25,28H,5-6,8,10-13,15,17H2,1-4H3,(H,26,27)/b9-7-,16-14+/t19-,20-,21?,22-,24+/m1/s1. The van der Waals surface area contributed by atoms with Crippen molar-refractivity contribution in [1.82, 2.24) is 0 Å². The maximum atomic E-state index is 10.7. The lowest BCUT2D eigenvalue weighted by molar-refractivity contribution is -0.137. The molecule has 1 saturated carbocycles. The van der Waals surface area contributed by atoms with Crippen molar-refractivity contribution < 1.29 is 24.9 Å². The first kappa shape index (κ1) is 25.9. The number of carboxylic acids is 1. The number of hydrogen-bond donors (Lipinski definition) is 3. The summed E-state index contributed by atoms with van der Waals surface area (Å²) in [6, 6.07) is 0. The minimum Gasteiger partial charge on any atom is -0.481 e. The van der Waals surface area contributed by atoms with E-state index in [0.29, 0.717) is 12.8 Å². The molecule has 0 heterocycles. The Morgan fingerprint density at radius 1 is 1.24 bits per heavy atom. The third-order valence-electron chi connectivity index (χ3n) is 5.64. The van der Waals surface area contributed by atoms with Crippen LogP contribution in [0.1, 0.15) is 85.5 Å². The van der Waals surface area contributed by atoms with E-state index in [0.717, 1.165) is 38.5 Å². The lowest BCUT2D eigenvalue weighted by Crippen LogP contribution is -2.26. The molecule has 0 amide bonds. The van der Waals surface area contributed by atoms with Gasteiger partial charge in [-0.15, -0.1) is 0 Å². The first-order valence-corrected chi connectivity index (χ1v) is 11.3. The summed E-state index contributed by atoms with van der Waals surface area (Å²) in [4.78, 5) is 10.6. The average Bonchev–Trinajstić information content (AvgIpc) is 2.90. The van der Waals surface area contributed by atoms with Crippen molar-refractivity contribution in [3.8, 4) is 0 Å². The quantitative estimate of drug-likeness (QED) is 0.281. The molecule has 0 aromatic carbocycles. The molecule has 1 unspecified atom stereocenters. The molecule has 0 radical (unpaired) electrons. The largest absolute Gasteiger partial charge is 0.481 e. The number of rotatable bonds is 14. The molecule has 0 aromatic rings. The van der Waals surface area contributed by atoms with E-state index in [9.17, 15) is 15.0 Å². The highest BCUT2D eigenvalue weighted by Gasteiger charge is 2.41. The van der Waals surface area contributed by atoms with Gasteiger partial charge in [-0.1, -0.05) is 50.5 Å².